The molecule has 3 rings (SSSR count). The molecule has 20 heavy (non-hydrogen) atoms. The van der Waals surface area contributed by atoms with Crippen molar-refractivity contribution in [2.45, 2.75) is 19.1 Å². The van der Waals surface area contributed by atoms with Gasteiger partial charge in [-0.25, -0.2) is 4.79 Å². The van der Waals surface area contributed by atoms with Crippen LogP contribution in [0.3, 0.4) is 0 Å². The van der Waals surface area contributed by atoms with Gasteiger partial charge in [0.25, 0.3) is 5.91 Å². The van der Waals surface area contributed by atoms with Crippen LogP contribution in [0.2, 0.25) is 0 Å². The summed E-state index contributed by atoms with van der Waals surface area (Å²) in [5, 5.41) is 16.8. The zero-order chi connectivity index (χ0) is 14.3. The Labute approximate surface area is 120 Å². The van der Waals surface area contributed by atoms with Crippen molar-refractivity contribution in [3.05, 3.63) is 33.7 Å². The third-order valence-electron chi connectivity index (χ3n) is 3.33. The van der Waals surface area contributed by atoms with Gasteiger partial charge in [0.05, 0.1) is 30.0 Å². The topological polar surface area (TPSA) is 81.7 Å². The predicted octanol–water partition coefficient (Wildman–Crippen LogP) is 0.579. The molecule has 0 fully saturated rings. The molecule has 3 N–H and O–H groups in total. The van der Waals surface area contributed by atoms with Gasteiger partial charge in [-0.15, -0.1) is 11.3 Å². The van der Waals surface area contributed by atoms with E-state index in [1.807, 2.05) is 17.5 Å². The van der Waals surface area contributed by atoms with Crippen LogP contribution >= 0.6 is 11.3 Å². The molecule has 0 saturated heterocycles. The Balaban J connectivity index is 1.92. The van der Waals surface area contributed by atoms with Gasteiger partial charge in [0, 0.05) is 11.4 Å². The van der Waals surface area contributed by atoms with E-state index in [0.717, 1.165) is 4.88 Å². The summed E-state index contributed by atoms with van der Waals surface area (Å²) >= 11 is 1.50. The molecule has 1 aromatic heterocycles. The fourth-order valence-corrected chi connectivity index (χ4v) is 3.35. The van der Waals surface area contributed by atoms with E-state index in [-0.39, 0.29) is 18.5 Å². The van der Waals surface area contributed by atoms with Crippen LogP contribution in [-0.4, -0.2) is 41.1 Å². The molecule has 106 valence electrons. The van der Waals surface area contributed by atoms with Gasteiger partial charge in [-0.2, -0.15) is 0 Å². The first-order chi connectivity index (χ1) is 9.56. The molecule has 2 aliphatic heterocycles. The number of thiophene rings is 1. The largest absolute Gasteiger partial charge is 0.392 e. The van der Waals surface area contributed by atoms with E-state index >= 15 is 0 Å². The minimum atomic E-state index is -0.593. The van der Waals surface area contributed by atoms with E-state index in [1.54, 1.807) is 11.8 Å². The molecule has 0 aromatic carbocycles. The zero-order valence-corrected chi connectivity index (χ0v) is 11.7. The third-order valence-corrected chi connectivity index (χ3v) is 4.27. The van der Waals surface area contributed by atoms with Crippen LogP contribution in [0, 0.1) is 0 Å². The van der Waals surface area contributed by atoms with Crippen molar-refractivity contribution >= 4 is 23.3 Å². The zero-order valence-electron chi connectivity index (χ0n) is 10.9. The highest BCUT2D eigenvalue weighted by molar-refractivity contribution is 7.10. The number of hydrogen-bond donors (Lipinski definition) is 3. The Hall–Kier alpha value is -1.86. The van der Waals surface area contributed by atoms with E-state index in [1.165, 1.54) is 11.3 Å². The van der Waals surface area contributed by atoms with Gasteiger partial charge in [0.1, 0.15) is 0 Å². The molecule has 0 saturated carbocycles. The Morgan fingerprint density at radius 2 is 2.35 bits per heavy atom. The molecule has 2 atom stereocenters. The molecular weight excluding hydrogens is 278 g/mol. The number of nitrogens with zero attached hydrogens (tertiary/aromatic N) is 1. The number of amides is 3. The average molecular weight is 293 g/mol. The Morgan fingerprint density at radius 3 is 3.00 bits per heavy atom. The van der Waals surface area contributed by atoms with Gasteiger partial charge >= 0.3 is 6.03 Å². The molecule has 6 nitrogen and oxygen atoms in total. The highest BCUT2D eigenvalue weighted by Crippen LogP contribution is 2.34. The molecular formula is C13H15N3O3S. The Kier molecular flexibility index (Phi) is 3.23. The lowest BCUT2D eigenvalue weighted by atomic mass is 10.0. The summed E-state index contributed by atoms with van der Waals surface area (Å²) in [6.07, 6.45) is -0.593. The van der Waals surface area contributed by atoms with Crippen LogP contribution < -0.4 is 10.6 Å². The lowest BCUT2D eigenvalue weighted by Gasteiger charge is -2.24. The minimum Gasteiger partial charge on any atom is -0.392 e. The fraction of sp³-hybridized carbons (Fsp3) is 0.385. The van der Waals surface area contributed by atoms with Gasteiger partial charge in [0.2, 0.25) is 0 Å². The maximum Gasteiger partial charge on any atom is 0.319 e. The van der Waals surface area contributed by atoms with Gasteiger partial charge in [-0.05, 0) is 18.4 Å². The Bertz CT molecular complexity index is 580. The van der Waals surface area contributed by atoms with E-state index in [2.05, 4.69) is 10.6 Å². The predicted molar refractivity (Wildman–Crippen MR) is 74.0 cm³/mol. The first-order valence-corrected chi connectivity index (χ1v) is 7.25. The number of nitrogens with one attached hydrogen (secondary N) is 2. The first kappa shape index (κ1) is 13.1. The van der Waals surface area contributed by atoms with Crippen LogP contribution in [-0.2, 0) is 4.79 Å². The molecule has 2 aliphatic rings. The molecule has 3 amide bonds. The van der Waals surface area contributed by atoms with Gasteiger partial charge in [-0.1, -0.05) is 6.07 Å². The summed E-state index contributed by atoms with van der Waals surface area (Å²) in [7, 11) is 0. The molecule has 0 unspecified atom stereocenters. The van der Waals surface area contributed by atoms with Crippen molar-refractivity contribution in [2.24, 2.45) is 0 Å². The van der Waals surface area contributed by atoms with Crippen molar-refractivity contribution in [2.75, 3.05) is 13.1 Å². The SMILES string of the molecule is C[C@H](O)CN1CC2=C(C1=O)[C@H](c1cccs1)NC(=O)N2. The highest BCUT2D eigenvalue weighted by atomic mass is 32.1. The van der Waals surface area contributed by atoms with Crippen LogP contribution in [0.1, 0.15) is 17.8 Å². The number of rotatable bonds is 3. The van der Waals surface area contributed by atoms with Crippen molar-refractivity contribution in [1.29, 1.82) is 0 Å². The van der Waals surface area contributed by atoms with Gasteiger partial charge < -0.3 is 20.6 Å². The lowest BCUT2D eigenvalue weighted by Crippen LogP contribution is -2.44. The molecule has 7 heteroatoms. The van der Waals surface area contributed by atoms with E-state index < -0.39 is 12.1 Å². The fourth-order valence-electron chi connectivity index (χ4n) is 2.56. The van der Waals surface area contributed by atoms with Crippen molar-refractivity contribution in [3.8, 4) is 0 Å². The van der Waals surface area contributed by atoms with Crippen molar-refractivity contribution in [1.82, 2.24) is 15.5 Å². The van der Waals surface area contributed by atoms with E-state index in [9.17, 15) is 14.7 Å². The number of carbonyl (C=O) groups excluding carboxylic acids is 2. The normalized spacial score (nSPS) is 23.5. The second-order valence-corrected chi connectivity index (χ2v) is 5.95. The van der Waals surface area contributed by atoms with E-state index in [0.29, 0.717) is 17.8 Å². The number of hydrogen-bond acceptors (Lipinski definition) is 4. The number of aliphatic hydroxyl groups is 1. The lowest BCUT2D eigenvalue weighted by molar-refractivity contribution is -0.126. The van der Waals surface area contributed by atoms with Gasteiger partial charge in [-0.3, -0.25) is 4.79 Å². The molecule has 0 radical (unpaired) electrons. The second-order valence-electron chi connectivity index (χ2n) is 4.97. The molecule has 0 aliphatic carbocycles. The first-order valence-electron chi connectivity index (χ1n) is 6.37. The van der Waals surface area contributed by atoms with Crippen molar-refractivity contribution < 1.29 is 14.7 Å². The summed E-state index contributed by atoms with van der Waals surface area (Å²) in [6.45, 7) is 2.24. The summed E-state index contributed by atoms with van der Waals surface area (Å²) in [5.74, 6) is -0.133. The van der Waals surface area contributed by atoms with Crippen LogP contribution in [0.4, 0.5) is 4.79 Å². The van der Waals surface area contributed by atoms with Crippen LogP contribution in [0.5, 0.6) is 0 Å². The number of carbonyl (C=O) groups is 2. The number of aliphatic hydroxyl groups excluding tert-OH is 1. The molecule has 3 heterocycles. The van der Waals surface area contributed by atoms with Crippen LogP contribution in [0.15, 0.2) is 28.8 Å². The molecule has 1 aromatic rings. The number of urea groups is 1. The quantitative estimate of drug-likeness (QED) is 0.762. The Morgan fingerprint density at radius 1 is 1.55 bits per heavy atom. The maximum absolute atomic E-state index is 12.5. The standard InChI is InChI=1S/C13H15N3O3S/c1-7(17)5-16-6-8-10(12(16)18)11(15-13(19)14-8)9-3-2-4-20-9/h2-4,7,11,17H,5-6H2,1H3,(H2,14,15,19)/t7-,11-/m0/s1. The minimum absolute atomic E-state index is 0.133. The van der Waals surface area contributed by atoms with Crippen molar-refractivity contribution in [3.63, 3.8) is 0 Å². The molecule has 0 bridgehead atoms. The summed E-state index contributed by atoms with van der Waals surface area (Å²) in [6, 6.07) is 3.09. The summed E-state index contributed by atoms with van der Waals surface area (Å²) < 4.78 is 0. The second kappa shape index (κ2) is 4.92. The third kappa shape index (κ3) is 2.19. The summed E-state index contributed by atoms with van der Waals surface area (Å²) in [4.78, 5) is 26.7. The van der Waals surface area contributed by atoms with E-state index in [4.69, 9.17) is 0 Å². The molecule has 0 spiro atoms. The summed E-state index contributed by atoms with van der Waals surface area (Å²) in [5.41, 5.74) is 1.21. The average Bonchev–Trinajstić information content (AvgIpc) is 2.98. The number of β-amino-alcohol motifs (C(OH)–C–C–N with tert-alkyl or cyclic N) is 1. The highest BCUT2D eigenvalue weighted by Gasteiger charge is 2.40. The van der Waals surface area contributed by atoms with Gasteiger partial charge in [0.15, 0.2) is 0 Å². The smallest absolute Gasteiger partial charge is 0.319 e. The maximum atomic E-state index is 12.5. The van der Waals surface area contributed by atoms with Crippen LogP contribution in [0.25, 0.3) is 0 Å². The monoisotopic (exact) mass is 293 g/mol.